The molecule has 23 heavy (non-hydrogen) atoms. The molecule has 130 valence electrons. The minimum atomic E-state index is 0. The summed E-state index contributed by atoms with van der Waals surface area (Å²) in [6.45, 7) is 2.97. The first-order valence-corrected chi connectivity index (χ1v) is 8.71. The van der Waals surface area contributed by atoms with Gasteiger partial charge in [-0.25, -0.2) is 0 Å². The van der Waals surface area contributed by atoms with E-state index >= 15 is 0 Å². The lowest BCUT2D eigenvalue weighted by Gasteiger charge is -2.20. The number of aliphatic imine (C=N–C) groups is 1. The third-order valence-corrected chi connectivity index (χ3v) is 4.88. The summed E-state index contributed by atoms with van der Waals surface area (Å²) in [6.07, 6.45) is 3.59. The molecule has 1 saturated carbocycles. The fraction of sp³-hybridized carbons (Fsp3) is 0.588. The van der Waals surface area contributed by atoms with Crippen LogP contribution in [-0.2, 0) is 5.41 Å². The molecule has 4 nitrogen and oxygen atoms in total. The zero-order valence-corrected chi connectivity index (χ0v) is 18.1. The summed E-state index contributed by atoms with van der Waals surface area (Å²) >= 11 is 3.68. The van der Waals surface area contributed by atoms with Crippen molar-refractivity contribution in [3.8, 4) is 0 Å². The maximum absolute atomic E-state index is 4.32. The molecule has 0 heterocycles. The van der Waals surface area contributed by atoms with E-state index in [0.717, 1.165) is 32.0 Å². The third kappa shape index (κ3) is 6.23. The Balaban J connectivity index is 0.00000264. The summed E-state index contributed by atoms with van der Waals surface area (Å²) in [7, 11) is 6.03. The van der Waals surface area contributed by atoms with Gasteiger partial charge < -0.3 is 15.5 Å². The van der Waals surface area contributed by atoms with E-state index in [2.05, 4.69) is 74.8 Å². The quantitative estimate of drug-likeness (QED) is 0.264. The highest BCUT2D eigenvalue weighted by Crippen LogP contribution is 2.49. The highest BCUT2D eigenvalue weighted by molar-refractivity contribution is 14.0. The van der Waals surface area contributed by atoms with Gasteiger partial charge in [-0.2, -0.15) is 0 Å². The molecule has 1 aromatic carbocycles. The molecule has 6 heteroatoms. The minimum absolute atomic E-state index is 0. The number of benzene rings is 1. The van der Waals surface area contributed by atoms with Crippen molar-refractivity contribution in [3.63, 3.8) is 0 Å². The Kier molecular flexibility index (Phi) is 8.85. The Labute approximate surface area is 165 Å². The highest BCUT2D eigenvalue weighted by atomic mass is 127. The summed E-state index contributed by atoms with van der Waals surface area (Å²) in [4.78, 5) is 6.52. The van der Waals surface area contributed by atoms with Gasteiger partial charge in [0.05, 0.1) is 0 Å². The molecule has 0 aliphatic heterocycles. The largest absolute Gasteiger partial charge is 0.356 e. The number of nitrogens with zero attached hydrogens (tertiary/aromatic N) is 2. The van der Waals surface area contributed by atoms with Crippen molar-refractivity contribution in [1.29, 1.82) is 0 Å². The van der Waals surface area contributed by atoms with E-state index in [1.165, 1.54) is 22.9 Å². The fourth-order valence-electron chi connectivity index (χ4n) is 2.66. The van der Waals surface area contributed by atoms with Crippen LogP contribution < -0.4 is 10.6 Å². The SMILES string of the molecule is CN=C(NCCCN(C)C)NCC1(c2ccccc2Br)CC1.I. The topological polar surface area (TPSA) is 39.7 Å². The number of hydrogen-bond donors (Lipinski definition) is 2. The Bertz CT molecular complexity index is 515. The summed E-state index contributed by atoms with van der Waals surface area (Å²) in [5.74, 6) is 0.900. The molecule has 1 aliphatic rings. The van der Waals surface area contributed by atoms with E-state index in [1.807, 2.05) is 7.05 Å². The van der Waals surface area contributed by atoms with Crippen LogP contribution in [0.15, 0.2) is 33.7 Å². The Hall–Kier alpha value is -0.340. The van der Waals surface area contributed by atoms with E-state index in [4.69, 9.17) is 0 Å². The molecule has 2 N–H and O–H groups in total. The van der Waals surface area contributed by atoms with E-state index < -0.39 is 0 Å². The van der Waals surface area contributed by atoms with E-state index in [0.29, 0.717) is 0 Å². The first-order valence-electron chi connectivity index (χ1n) is 7.92. The van der Waals surface area contributed by atoms with Crippen LogP contribution in [0.3, 0.4) is 0 Å². The molecular weight excluding hydrogens is 467 g/mol. The van der Waals surface area contributed by atoms with Crippen LogP contribution in [-0.4, -0.2) is 51.6 Å². The fourth-order valence-corrected chi connectivity index (χ4v) is 3.36. The summed E-state index contributed by atoms with van der Waals surface area (Å²) < 4.78 is 1.21. The molecule has 0 saturated heterocycles. The Morgan fingerprint density at radius 1 is 1.26 bits per heavy atom. The lowest BCUT2D eigenvalue weighted by molar-refractivity contribution is 0.399. The van der Waals surface area contributed by atoms with E-state index in [9.17, 15) is 0 Å². The van der Waals surface area contributed by atoms with Crippen molar-refractivity contribution in [2.45, 2.75) is 24.7 Å². The van der Waals surface area contributed by atoms with Crippen LogP contribution in [0.25, 0.3) is 0 Å². The van der Waals surface area contributed by atoms with Crippen molar-refractivity contribution >= 4 is 45.9 Å². The molecule has 1 fully saturated rings. The van der Waals surface area contributed by atoms with Crippen molar-refractivity contribution in [3.05, 3.63) is 34.3 Å². The Morgan fingerprint density at radius 3 is 2.52 bits per heavy atom. The van der Waals surface area contributed by atoms with Crippen molar-refractivity contribution < 1.29 is 0 Å². The lowest BCUT2D eigenvalue weighted by atomic mass is 9.96. The van der Waals surface area contributed by atoms with Gasteiger partial charge >= 0.3 is 0 Å². The van der Waals surface area contributed by atoms with Crippen LogP contribution in [0.4, 0.5) is 0 Å². The molecule has 0 aromatic heterocycles. The first-order chi connectivity index (χ1) is 10.6. The zero-order chi connectivity index (χ0) is 16.0. The van der Waals surface area contributed by atoms with Gasteiger partial charge in [0.25, 0.3) is 0 Å². The van der Waals surface area contributed by atoms with Crippen LogP contribution in [0.2, 0.25) is 0 Å². The predicted octanol–water partition coefficient (Wildman–Crippen LogP) is 3.22. The number of rotatable bonds is 7. The molecule has 0 radical (unpaired) electrons. The van der Waals surface area contributed by atoms with Crippen LogP contribution in [0, 0.1) is 0 Å². The Morgan fingerprint density at radius 2 is 1.96 bits per heavy atom. The van der Waals surface area contributed by atoms with Gasteiger partial charge in [0.2, 0.25) is 0 Å². The van der Waals surface area contributed by atoms with Crippen LogP contribution in [0.5, 0.6) is 0 Å². The molecule has 1 aromatic rings. The number of guanidine groups is 1. The molecule has 0 unspecified atom stereocenters. The smallest absolute Gasteiger partial charge is 0.191 e. The van der Waals surface area contributed by atoms with Crippen molar-refractivity contribution in [1.82, 2.24) is 15.5 Å². The first kappa shape index (κ1) is 20.7. The summed E-state index contributed by atoms with van der Waals surface area (Å²) in [6, 6.07) is 8.55. The molecule has 0 atom stereocenters. The van der Waals surface area contributed by atoms with Crippen LogP contribution in [0.1, 0.15) is 24.8 Å². The molecule has 0 bridgehead atoms. The van der Waals surface area contributed by atoms with Gasteiger partial charge in [0.15, 0.2) is 5.96 Å². The van der Waals surface area contributed by atoms with E-state index in [-0.39, 0.29) is 29.4 Å². The molecule has 0 spiro atoms. The summed E-state index contributed by atoms with van der Waals surface area (Å²) in [5, 5.41) is 6.88. The van der Waals surface area contributed by atoms with Crippen molar-refractivity contribution in [2.24, 2.45) is 4.99 Å². The maximum Gasteiger partial charge on any atom is 0.191 e. The zero-order valence-electron chi connectivity index (χ0n) is 14.2. The molecule has 0 amide bonds. The second-order valence-corrected chi connectivity index (χ2v) is 7.12. The summed E-state index contributed by atoms with van der Waals surface area (Å²) in [5.41, 5.74) is 1.67. The normalized spacial score (nSPS) is 16.0. The standard InChI is InChI=1S/C17H27BrN4.HI/c1-19-16(20-11-6-12-22(2)3)21-13-17(9-10-17)14-7-4-5-8-15(14)18;/h4-5,7-8H,6,9-13H2,1-3H3,(H2,19,20,21);1H. The van der Waals surface area contributed by atoms with Gasteiger partial charge in [-0.05, 0) is 51.5 Å². The average molecular weight is 495 g/mol. The molecular formula is C17H28BrIN4. The molecule has 1 aliphatic carbocycles. The van der Waals surface area contributed by atoms with E-state index in [1.54, 1.807) is 0 Å². The average Bonchev–Trinajstić information content (AvgIpc) is 3.27. The second kappa shape index (κ2) is 9.84. The van der Waals surface area contributed by atoms with Gasteiger partial charge in [-0.1, -0.05) is 34.1 Å². The predicted molar refractivity (Wildman–Crippen MR) is 113 cm³/mol. The third-order valence-electron chi connectivity index (χ3n) is 4.19. The number of nitrogens with one attached hydrogen (secondary N) is 2. The van der Waals surface area contributed by atoms with Gasteiger partial charge in [-0.15, -0.1) is 24.0 Å². The second-order valence-electron chi connectivity index (χ2n) is 6.27. The lowest BCUT2D eigenvalue weighted by Crippen LogP contribution is -2.42. The van der Waals surface area contributed by atoms with Crippen molar-refractivity contribution in [2.75, 3.05) is 40.8 Å². The molecule has 2 rings (SSSR count). The van der Waals surface area contributed by atoms with Gasteiger partial charge in [0, 0.05) is 30.0 Å². The van der Waals surface area contributed by atoms with Gasteiger partial charge in [0.1, 0.15) is 0 Å². The number of hydrogen-bond acceptors (Lipinski definition) is 2. The highest BCUT2D eigenvalue weighted by Gasteiger charge is 2.45. The maximum atomic E-state index is 4.32. The monoisotopic (exact) mass is 494 g/mol. The minimum Gasteiger partial charge on any atom is -0.356 e. The van der Waals surface area contributed by atoms with Crippen LogP contribution >= 0.6 is 39.9 Å². The number of halogens is 2. The van der Waals surface area contributed by atoms with Gasteiger partial charge in [-0.3, -0.25) is 4.99 Å².